The first-order valence-corrected chi connectivity index (χ1v) is 17.6. The molecule has 48 heavy (non-hydrogen) atoms. The van der Waals surface area contributed by atoms with Gasteiger partial charge in [-0.2, -0.15) is 0 Å². The lowest BCUT2D eigenvalue weighted by Gasteiger charge is -2.12. The maximum Gasteiger partial charge on any atom is 0.330 e. The zero-order valence-corrected chi connectivity index (χ0v) is 30.4. The highest BCUT2D eigenvalue weighted by molar-refractivity contribution is 8.14. The molecular weight excluding hydrogens is 649 g/mol. The standard InChI is InChI=1S/C20H28O4S.C18H20O4S/c1-15(2)13-16(3)14-20(22)25-12-11-24-19(21)10-7-17-5-8-18(23-4)9-6-17;1-3-4-5-6-18(20)23-14-13-22-17(19)12-9-15-7-10-16(21-2)11-8-15/h5-10,15-16H,11-14H2,1-4H3;3-12H,13-14H2,1-2H3/b10-7+;4-3+,6-5+,12-9+. The Morgan fingerprint density at radius 3 is 1.60 bits per heavy atom. The largest absolute Gasteiger partial charge is 0.497 e. The number of methoxy groups -OCH3 is 2. The fraction of sp³-hybridized carbons (Fsp3) is 0.368. The summed E-state index contributed by atoms with van der Waals surface area (Å²) in [6.07, 6.45) is 14.5. The van der Waals surface area contributed by atoms with Gasteiger partial charge < -0.3 is 18.9 Å². The summed E-state index contributed by atoms with van der Waals surface area (Å²) in [5.74, 6) is 2.62. The molecule has 0 aliphatic heterocycles. The second-order valence-corrected chi connectivity index (χ2v) is 13.0. The molecule has 260 valence electrons. The molecule has 0 aromatic heterocycles. The van der Waals surface area contributed by atoms with E-state index in [9.17, 15) is 19.2 Å². The number of hydrogen-bond donors (Lipinski definition) is 0. The molecule has 0 aliphatic rings. The van der Waals surface area contributed by atoms with Crippen LogP contribution in [0.3, 0.4) is 0 Å². The van der Waals surface area contributed by atoms with Crippen molar-refractivity contribution < 1.29 is 38.1 Å². The average molecular weight is 697 g/mol. The zero-order chi connectivity index (χ0) is 35.6. The van der Waals surface area contributed by atoms with Crippen LogP contribution in [0.5, 0.6) is 11.5 Å². The Bertz CT molecular complexity index is 1360. The van der Waals surface area contributed by atoms with Gasteiger partial charge in [-0.25, -0.2) is 9.59 Å². The molecular formula is C38H48O8S2. The summed E-state index contributed by atoms with van der Waals surface area (Å²) < 4.78 is 20.3. The minimum atomic E-state index is -0.432. The molecule has 0 bridgehead atoms. The number of rotatable bonds is 18. The smallest absolute Gasteiger partial charge is 0.330 e. The van der Waals surface area contributed by atoms with Crippen molar-refractivity contribution in [2.45, 2.75) is 40.5 Å². The van der Waals surface area contributed by atoms with E-state index in [1.165, 1.54) is 30.0 Å². The number of allylic oxidation sites excluding steroid dienone is 3. The summed E-state index contributed by atoms with van der Waals surface area (Å²) in [6, 6.07) is 14.7. The minimum Gasteiger partial charge on any atom is -0.497 e. The van der Waals surface area contributed by atoms with Crippen LogP contribution in [0.2, 0.25) is 0 Å². The van der Waals surface area contributed by atoms with Gasteiger partial charge in [0.25, 0.3) is 0 Å². The Morgan fingerprint density at radius 2 is 1.17 bits per heavy atom. The first kappa shape index (κ1) is 42.0. The molecule has 0 spiro atoms. The number of esters is 2. The van der Waals surface area contributed by atoms with E-state index in [0.29, 0.717) is 29.8 Å². The Hall–Kier alpha value is -4.02. The number of hydrogen-bond acceptors (Lipinski definition) is 10. The third kappa shape index (κ3) is 21.7. The number of benzene rings is 2. The SMILES string of the molecule is C/C=C/C=C/C(=O)SCCOC(=O)/C=C/c1ccc(OC)cc1.COc1ccc(/C=C/C(=O)OCCSC(=O)CC(C)CC(C)C)cc1. The molecule has 0 heterocycles. The first-order valence-electron chi connectivity index (χ1n) is 15.7. The highest BCUT2D eigenvalue weighted by atomic mass is 32.2. The Balaban J connectivity index is 0.000000482. The van der Waals surface area contributed by atoms with Crippen LogP contribution in [0, 0.1) is 11.8 Å². The zero-order valence-electron chi connectivity index (χ0n) is 28.7. The normalized spacial score (nSPS) is 11.9. The van der Waals surface area contributed by atoms with Crippen molar-refractivity contribution in [3.63, 3.8) is 0 Å². The quantitative estimate of drug-likeness (QED) is 0.0655. The van der Waals surface area contributed by atoms with Gasteiger partial charge in [0.15, 0.2) is 5.12 Å². The van der Waals surface area contributed by atoms with Gasteiger partial charge in [0, 0.05) is 30.1 Å². The molecule has 0 fully saturated rings. The lowest BCUT2D eigenvalue weighted by molar-refractivity contribution is -0.137. The molecule has 0 saturated heterocycles. The van der Waals surface area contributed by atoms with Crippen molar-refractivity contribution in [2.24, 2.45) is 11.8 Å². The van der Waals surface area contributed by atoms with Gasteiger partial charge in [-0.1, -0.05) is 86.8 Å². The van der Waals surface area contributed by atoms with E-state index in [1.54, 1.807) is 38.5 Å². The van der Waals surface area contributed by atoms with Gasteiger partial charge in [-0.3, -0.25) is 9.59 Å². The van der Waals surface area contributed by atoms with Crippen LogP contribution in [0.1, 0.15) is 51.7 Å². The van der Waals surface area contributed by atoms with Crippen molar-refractivity contribution >= 4 is 57.8 Å². The first-order chi connectivity index (χ1) is 23.1. The van der Waals surface area contributed by atoms with E-state index in [4.69, 9.17) is 18.9 Å². The fourth-order valence-corrected chi connectivity index (χ4v) is 5.30. The summed E-state index contributed by atoms with van der Waals surface area (Å²) in [5, 5.41) is 0.103. The summed E-state index contributed by atoms with van der Waals surface area (Å²) in [4.78, 5) is 46.4. The molecule has 1 unspecified atom stereocenters. The number of thioether (sulfide) groups is 2. The number of carbonyl (C=O) groups is 4. The second-order valence-electron chi connectivity index (χ2n) is 10.8. The molecule has 2 rings (SSSR count). The van der Waals surface area contributed by atoms with Gasteiger partial charge in [0.2, 0.25) is 5.12 Å². The van der Waals surface area contributed by atoms with E-state index >= 15 is 0 Å². The van der Waals surface area contributed by atoms with Crippen molar-refractivity contribution in [1.82, 2.24) is 0 Å². The van der Waals surface area contributed by atoms with E-state index in [1.807, 2.05) is 61.5 Å². The lowest BCUT2D eigenvalue weighted by atomic mass is 9.97. The monoisotopic (exact) mass is 696 g/mol. The Morgan fingerprint density at radius 1 is 0.688 bits per heavy atom. The summed E-state index contributed by atoms with van der Waals surface area (Å²) in [7, 11) is 3.21. The Labute approximate surface area is 294 Å². The van der Waals surface area contributed by atoms with Crippen LogP contribution in [-0.2, 0) is 28.7 Å². The van der Waals surface area contributed by atoms with Gasteiger partial charge in [-0.15, -0.1) is 0 Å². The highest BCUT2D eigenvalue weighted by Crippen LogP contribution is 2.19. The molecule has 2 aromatic carbocycles. The van der Waals surface area contributed by atoms with Crippen molar-refractivity contribution in [3.8, 4) is 11.5 Å². The molecule has 1 atom stereocenters. The van der Waals surface area contributed by atoms with Gasteiger partial charge >= 0.3 is 11.9 Å². The summed E-state index contributed by atoms with van der Waals surface area (Å²) >= 11 is 2.35. The number of carbonyl (C=O) groups excluding carboxylic acids is 4. The fourth-order valence-electron chi connectivity index (χ4n) is 3.96. The lowest BCUT2D eigenvalue weighted by Crippen LogP contribution is -2.08. The van der Waals surface area contributed by atoms with Crippen molar-refractivity contribution in [1.29, 1.82) is 0 Å². The van der Waals surface area contributed by atoms with Crippen molar-refractivity contribution in [3.05, 3.63) is 96.1 Å². The minimum absolute atomic E-state index is 0.0621. The Kier molecular flexibility index (Phi) is 22.7. The van der Waals surface area contributed by atoms with Gasteiger partial charge in [0.1, 0.15) is 24.7 Å². The highest BCUT2D eigenvalue weighted by Gasteiger charge is 2.11. The molecule has 0 N–H and O–H groups in total. The van der Waals surface area contributed by atoms with Crippen molar-refractivity contribution in [2.75, 3.05) is 38.9 Å². The van der Waals surface area contributed by atoms with Crippen LogP contribution >= 0.6 is 23.5 Å². The average Bonchev–Trinajstić information content (AvgIpc) is 3.07. The van der Waals surface area contributed by atoms with Crippen LogP contribution in [0.15, 0.2) is 85.0 Å². The van der Waals surface area contributed by atoms with E-state index < -0.39 is 11.9 Å². The third-order valence-corrected chi connectivity index (χ3v) is 7.79. The molecule has 2 aromatic rings. The molecule has 8 nitrogen and oxygen atoms in total. The molecule has 0 amide bonds. The molecule has 10 heteroatoms. The van der Waals surface area contributed by atoms with E-state index in [2.05, 4.69) is 20.8 Å². The van der Waals surface area contributed by atoms with Crippen LogP contribution < -0.4 is 9.47 Å². The van der Waals surface area contributed by atoms with Crippen LogP contribution in [0.4, 0.5) is 0 Å². The van der Waals surface area contributed by atoms with E-state index in [0.717, 1.165) is 40.8 Å². The van der Waals surface area contributed by atoms with Crippen LogP contribution in [-0.4, -0.2) is 61.1 Å². The predicted octanol–water partition coefficient (Wildman–Crippen LogP) is 8.23. The van der Waals surface area contributed by atoms with Gasteiger partial charge in [0.05, 0.1) is 14.2 Å². The molecule has 0 saturated carbocycles. The molecule has 0 aliphatic carbocycles. The molecule has 0 radical (unpaired) electrons. The number of ether oxygens (including phenoxy) is 4. The van der Waals surface area contributed by atoms with Crippen LogP contribution in [0.25, 0.3) is 12.2 Å². The van der Waals surface area contributed by atoms with E-state index in [-0.39, 0.29) is 23.4 Å². The maximum absolute atomic E-state index is 11.8. The topological polar surface area (TPSA) is 105 Å². The predicted molar refractivity (Wildman–Crippen MR) is 198 cm³/mol. The van der Waals surface area contributed by atoms with Gasteiger partial charge in [-0.05, 0) is 78.8 Å². The second kappa shape index (κ2) is 26.0. The summed E-state index contributed by atoms with van der Waals surface area (Å²) in [5.41, 5.74) is 1.77. The summed E-state index contributed by atoms with van der Waals surface area (Å²) in [6.45, 7) is 8.73. The maximum atomic E-state index is 11.8. The third-order valence-electron chi connectivity index (χ3n) is 6.14.